The number of nitrogens with one attached hydrogen (secondary N) is 1. The molecule has 0 saturated carbocycles. The zero-order valence-corrected chi connectivity index (χ0v) is 9.71. The highest BCUT2D eigenvalue weighted by Gasteiger charge is 2.04. The molecule has 0 saturated heterocycles. The minimum absolute atomic E-state index is 0.0201. The molecule has 84 valence electrons. The summed E-state index contributed by atoms with van der Waals surface area (Å²) in [7, 11) is 0. The molecule has 0 aliphatic carbocycles. The third-order valence-corrected chi connectivity index (χ3v) is 2.21. The predicted octanol–water partition coefficient (Wildman–Crippen LogP) is 1.07. The Balaban J connectivity index is 2.87. The summed E-state index contributed by atoms with van der Waals surface area (Å²) >= 11 is 0. The van der Waals surface area contributed by atoms with E-state index in [4.69, 9.17) is 0 Å². The Morgan fingerprint density at radius 1 is 1.47 bits per heavy atom. The molecule has 1 rings (SSSR count). The summed E-state index contributed by atoms with van der Waals surface area (Å²) in [6.07, 6.45) is 1.08. The van der Waals surface area contributed by atoms with Gasteiger partial charge in [0.05, 0.1) is 5.69 Å². The van der Waals surface area contributed by atoms with E-state index in [1.165, 1.54) is 4.68 Å². The first kappa shape index (κ1) is 11.9. The van der Waals surface area contributed by atoms with E-state index in [2.05, 4.69) is 17.3 Å². The van der Waals surface area contributed by atoms with Crippen LogP contribution in [0, 0.1) is 6.92 Å². The van der Waals surface area contributed by atoms with Gasteiger partial charge in [0.1, 0.15) is 0 Å². The van der Waals surface area contributed by atoms with E-state index in [9.17, 15) is 4.79 Å². The van der Waals surface area contributed by atoms with Gasteiger partial charge in [-0.15, -0.1) is 0 Å². The van der Waals surface area contributed by atoms with E-state index in [0.29, 0.717) is 13.1 Å². The summed E-state index contributed by atoms with van der Waals surface area (Å²) < 4.78 is 1.51. The maximum atomic E-state index is 11.8. The minimum atomic E-state index is 0.0201. The van der Waals surface area contributed by atoms with E-state index < -0.39 is 0 Å². The minimum Gasteiger partial charge on any atom is -0.312 e. The summed E-state index contributed by atoms with van der Waals surface area (Å²) in [6, 6.07) is 1.86. The zero-order chi connectivity index (χ0) is 11.3. The van der Waals surface area contributed by atoms with Crippen molar-refractivity contribution in [3.05, 3.63) is 27.7 Å². The Kier molecular flexibility index (Phi) is 4.49. The molecule has 4 nitrogen and oxygen atoms in total. The van der Waals surface area contributed by atoms with E-state index >= 15 is 0 Å². The molecule has 15 heavy (non-hydrogen) atoms. The van der Waals surface area contributed by atoms with Gasteiger partial charge in [0.2, 0.25) is 0 Å². The molecule has 4 heteroatoms. The molecule has 0 atom stereocenters. The van der Waals surface area contributed by atoms with E-state index in [0.717, 1.165) is 24.2 Å². The average Bonchev–Trinajstić information content (AvgIpc) is 2.23. The van der Waals surface area contributed by atoms with Gasteiger partial charge in [-0.05, 0) is 32.9 Å². The van der Waals surface area contributed by atoms with Crippen molar-refractivity contribution in [2.45, 2.75) is 40.3 Å². The van der Waals surface area contributed by atoms with Crippen molar-refractivity contribution in [2.75, 3.05) is 6.54 Å². The van der Waals surface area contributed by atoms with Crippen LogP contribution in [0.25, 0.3) is 0 Å². The van der Waals surface area contributed by atoms with Gasteiger partial charge >= 0.3 is 0 Å². The molecule has 1 heterocycles. The normalized spacial score (nSPS) is 10.6. The second-order valence-corrected chi connectivity index (χ2v) is 3.61. The molecule has 0 fully saturated rings. The largest absolute Gasteiger partial charge is 0.312 e. The predicted molar refractivity (Wildman–Crippen MR) is 60.9 cm³/mol. The van der Waals surface area contributed by atoms with Crippen LogP contribution in [0.15, 0.2) is 10.9 Å². The highest BCUT2D eigenvalue weighted by molar-refractivity contribution is 5.12. The van der Waals surface area contributed by atoms with Crippen LogP contribution in [-0.4, -0.2) is 16.3 Å². The second kappa shape index (κ2) is 5.66. The van der Waals surface area contributed by atoms with E-state index in [1.54, 1.807) is 0 Å². The number of rotatable bonds is 5. The highest BCUT2D eigenvalue weighted by Crippen LogP contribution is 1.95. The fourth-order valence-electron chi connectivity index (χ4n) is 1.49. The van der Waals surface area contributed by atoms with Crippen LogP contribution in [0.5, 0.6) is 0 Å². The van der Waals surface area contributed by atoms with Gasteiger partial charge in [0, 0.05) is 18.7 Å². The summed E-state index contributed by atoms with van der Waals surface area (Å²) in [4.78, 5) is 11.8. The average molecular weight is 209 g/mol. The maximum absolute atomic E-state index is 11.8. The fraction of sp³-hybridized carbons (Fsp3) is 0.636. The fourth-order valence-corrected chi connectivity index (χ4v) is 1.49. The van der Waals surface area contributed by atoms with Crippen molar-refractivity contribution in [3.63, 3.8) is 0 Å². The first-order valence-electron chi connectivity index (χ1n) is 5.47. The van der Waals surface area contributed by atoms with Gasteiger partial charge in [0.25, 0.3) is 5.56 Å². The van der Waals surface area contributed by atoms with Crippen molar-refractivity contribution in [2.24, 2.45) is 0 Å². The third kappa shape index (κ3) is 3.16. The van der Waals surface area contributed by atoms with Crippen molar-refractivity contribution in [1.82, 2.24) is 15.1 Å². The highest BCUT2D eigenvalue weighted by atomic mass is 16.1. The number of nitrogens with zero attached hydrogens (tertiary/aromatic N) is 2. The quantitative estimate of drug-likeness (QED) is 0.738. The summed E-state index contributed by atoms with van der Waals surface area (Å²) in [5.74, 6) is 0. The van der Waals surface area contributed by atoms with Crippen LogP contribution in [0.3, 0.4) is 0 Å². The Bertz CT molecular complexity index is 371. The summed E-state index contributed by atoms with van der Waals surface area (Å²) in [6.45, 7) is 8.14. The van der Waals surface area contributed by atoms with E-state index in [-0.39, 0.29) is 5.56 Å². The first-order chi connectivity index (χ1) is 7.19. The molecule has 0 aliphatic rings. The smallest absolute Gasteiger partial charge is 0.271 e. The van der Waals surface area contributed by atoms with Crippen molar-refractivity contribution < 1.29 is 0 Å². The molecule has 0 spiro atoms. The topological polar surface area (TPSA) is 46.9 Å². The molecule has 0 unspecified atom stereocenters. The standard InChI is InChI=1S/C11H19N3O/c1-4-6-12-8-10-7-9(3)13-14(5-2)11(10)15/h7,12H,4-6,8H2,1-3H3. The van der Waals surface area contributed by atoms with Crippen LogP contribution >= 0.6 is 0 Å². The Hall–Kier alpha value is -1.16. The van der Waals surface area contributed by atoms with Crippen molar-refractivity contribution >= 4 is 0 Å². The lowest BCUT2D eigenvalue weighted by Gasteiger charge is -2.07. The van der Waals surface area contributed by atoms with Gasteiger partial charge in [-0.3, -0.25) is 4.79 Å². The first-order valence-corrected chi connectivity index (χ1v) is 5.47. The molecule has 1 aromatic heterocycles. The Labute approximate surface area is 90.3 Å². The monoisotopic (exact) mass is 209 g/mol. The number of aryl methyl sites for hydroxylation is 2. The van der Waals surface area contributed by atoms with Crippen LogP contribution in [0.4, 0.5) is 0 Å². The second-order valence-electron chi connectivity index (χ2n) is 3.61. The maximum Gasteiger partial charge on any atom is 0.271 e. The number of hydrogen-bond donors (Lipinski definition) is 1. The lowest BCUT2D eigenvalue weighted by Crippen LogP contribution is -2.29. The van der Waals surface area contributed by atoms with Crippen LogP contribution in [0.1, 0.15) is 31.5 Å². The molecule has 0 aliphatic heterocycles. The molecule has 0 aromatic carbocycles. The lowest BCUT2D eigenvalue weighted by molar-refractivity contribution is 0.584. The van der Waals surface area contributed by atoms with Gasteiger partial charge < -0.3 is 5.32 Å². The van der Waals surface area contributed by atoms with Gasteiger partial charge in [-0.2, -0.15) is 5.10 Å². The Morgan fingerprint density at radius 3 is 2.80 bits per heavy atom. The lowest BCUT2D eigenvalue weighted by atomic mass is 10.2. The molecule has 1 N–H and O–H groups in total. The third-order valence-electron chi connectivity index (χ3n) is 2.21. The van der Waals surface area contributed by atoms with Crippen LogP contribution in [0.2, 0.25) is 0 Å². The van der Waals surface area contributed by atoms with Gasteiger partial charge in [-0.25, -0.2) is 4.68 Å². The van der Waals surface area contributed by atoms with Gasteiger partial charge in [0.15, 0.2) is 0 Å². The summed E-state index contributed by atoms with van der Waals surface area (Å²) in [5, 5.41) is 7.39. The number of hydrogen-bond acceptors (Lipinski definition) is 3. The number of aromatic nitrogens is 2. The molecule has 0 bridgehead atoms. The molecule has 1 aromatic rings. The van der Waals surface area contributed by atoms with E-state index in [1.807, 2.05) is 19.9 Å². The molecule has 0 radical (unpaired) electrons. The molecule has 0 amide bonds. The SMILES string of the molecule is CCCNCc1cc(C)nn(CC)c1=O. The zero-order valence-electron chi connectivity index (χ0n) is 9.71. The Morgan fingerprint density at radius 2 is 2.20 bits per heavy atom. The summed E-state index contributed by atoms with van der Waals surface area (Å²) in [5.41, 5.74) is 1.72. The van der Waals surface area contributed by atoms with Crippen molar-refractivity contribution in [3.8, 4) is 0 Å². The van der Waals surface area contributed by atoms with Crippen LogP contribution < -0.4 is 10.9 Å². The molecular weight excluding hydrogens is 190 g/mol. The molecular formula is C11H19N3O. The van der Waals surface area contributed by atoms with Crippen LogP contribution in [-0.2, 0) is 13.1 Å². The van der Waals surface area contributed by atoms with Crippen molar-refractivity contribution in [1.29, 1.82) is 0 Å². The van der Waals surface area contributed by atoms with Gasteiger partial charge in [-0.1, -0.05) is 6.92 Å².